The second-order valence-corrected chi connectivity index (χ2v) is 2.28. The molecule has 1 rings (SSSR count). The average molecular weight is 150 g/mol. The molecule has 2 heteroatoms. The molecule has 2 nitrogen and oxygen atoms in total. The van der Waals surface area contributed by atoms with E-state index in [1.165, 1.54) is 6.26 Å². The highest BCUT2D eigenvalue weighted by Gasteiger charge is 2.10. The zero-order valence-corrected chi connectivity index (χ0v) is 6.37. The summed E-state index contributed by atoms with van der Waals surface area (Å²) in [6.45, 7) is 5.18. The molecule has 1 aromatic heterocycles. The van der Waals surface area contributed by atoms with E-state index in [-0.39, 0.29) is 0 Å². The van der Waals surface area contributed by atoms with Gasteiger partial charge in [0, 0.05) is 5.57 Å². The summed E-state index contributed by atoms with van der Waals surface area (Å²) in [5.41, 5.74) is 3.28. The lowest BCUT2D eigenvalue weighted by atomic mass is 10.1. The Balaban J connectivity index is 2.86. The molecule has 1 atom stereocenters. The van der Waals surface area contributed by atoms with Gasteiger partial charge in [-0.2, -0.15) is 0 Å². The molecule has 0 radical (unpaired) electrons. The molecule has 0 spiro atoms. The third kappa shape index (κ3) is 1.61. The Morgan fingerprint density at radius 3 is 3.00 bits per heavy atom. The average Bonchev–Trinajstić information content (AvgIpc) is 2.53. The Bertz CT molecular complexity index is 266. The van der Waals surface area contributed by atoms with E-state index in [9.17, 15) is 5.11 Å². The van der Waals surface area contributed by atoms with E-state index < -0.39 is 6.10 Å². The van der Waals surface area contributed by atoms with Crippen molar-refractivity contribution in [1.29, 1.82) is 0 Å². The van der Waals surface area contributed by atoms with Gasteiger partial charge in [0.15, 0.2) is 0 Å². The van der Waals surface area contributed by atoms with Crippen molar-refractivity contribution < 1.29 is 9.52 Å². The summed E-state index contributed by atoms with van der Waals surface area (Å²) in [6.07, 6.45) is 0.817. The zero-order chi connectivity index (χ0) is 8.27. The largest absolute Gasteiger partial charge is 0.466 e. The SMILES string of the molecule is C=C=C(C)C(O)c1ccco1. The lowest BCUT2D eigenvalue weighted by Gasteiger charge is -2.04. The summed E-state index contributed by atoms with van der Waals surface area (Å²) in [5, 5.41) is 9.44. The second-order valence-electron chi connectivity index (χ2n) is 2.28. The molecule has 0 aliphatic rings. The summed E-state index contributed by atoms with van der Waals surface area (Å²) in [4.78, 5) is 0. The van der Waals surface area contributed by atoms with Crippen LogP contribution in [0.1, 0.15) is 18.8 Å². The molecule has 1 aromatic rings. The number of hydrogen-bond donors (Lipinski definition) is 1. The highest BCUT2D eigenvalue weighted by Crippen LogP contribution is 2.19. The van der Waals surface area contributed by atoms with Gasteiger partial charge in [-0.05, 0) is 19.1 Å². The predicted octanol–water partition coefficient (Wildman–Crippen LogP) is 2.04. The monoisotopic (exact) mass is 150 g/mol. The van der Waals surface area contributed by atoms with Crippen molar-refractivity contribution in [3.63, 3.8) is 0 Å². The quantitative estimate of drug-likeness (QED) is 0.654. The van der Waals surface area contributed by atoms with Gasteiger partial charge >= 0.3 is 0 Å². The first-order valence-electron chi connectivity index (χ1n) is 3.33. The van der Waals surface area contributed by atoms with Gasteiger partial charge in [0.1, 0.15) is 11.9 Å². The predicted molar refractivity (Wildman–Crippen MR) is 42.0 cm³/mol. The van der Waals surface area contributed by atoms with Gasteiger partial charge in [0.2, 0.25) is 0 Å². The van der Waals surface area contributed by atoms with Crippen LogP contribution in [0.2, 0.25) is 0 Å². The van der Waals surface area contributed by atoms with Gasteiger partial charge in [-0.1, -0.05) is 6.58 Å². The van der Waals surface area contributed by atoms with Crippen molar-refractivity contribution >= 4 is 0 Å². The minimum atomic E-state index is -0.706. The van der Waals surface area contributed by atoms with E-state index in [1.54, 1.807) is 19.1 Å². The standard InChI is InChI=1S/C9H10O2/c1-3-7(2)9(10)8-5-4-6-11-8/h4-6,9-10H,1H2,2H3. The molecule has 1 N–H and O–H groups in total. The van der Waals surface area contributed by atoms with E-state index in [1.807, 2.05) is 0 Å². The van der Waals surface area contributed by atoms with E-state index in [0.29, 0.717) is 11.3 Å². The maximum absolute atomic E-state index is 9.44. The van der Waals surface area contributed by atoms with Crippen molar-refractivity contribution in [2.75, 3.05) is 0 Å². The number of hydrogen-bond acceptors (Lipinski definition) is 2. The van der Waals surface area contributed by atoms with Crippen LogP contribution >= 0.6 is 0 Å². The second kappa shape index (κ2) is 3.24. The number of furan rings is 1. The topological polar surface area (TPSA) is 33.4 Å². The van der Waals surface area contributed by atoms with Crippen LogP contribution < -0.4 is 0 Å². The highest BCUT2D eigenvalue weighted by molar-refractivity contribution is 5.14. The summed E-state index contributed by atoms with van der Waals surface area (Å²) in [6, 6.07) is 3.44. The van der Waals surface area contributed by atoms with Crippen molar-refractivity contribution in [2.24, 2.45) is 0 Å². The van der Waals surface area contributed by atoms with Gasteiger partial charge in [-0.3, -0.25) is 0 Å². The lowest BCUT2D eigenvalue weighted by Crippen LogP contribution is -1.95. The van der Waals surface area contributed by atoms with Crippen molar-refractivity contribution in [3.05, 3.63) is 42.0 Å². The van der Waals surface area contributed by atoms with Crippen LogP contribution in [0.25, 0.3) is 0 Å². The minimum absolute atomic E-state index is 0.527. The smallest absolute Gasteiger partial charge is 0.140 e. The highest BCUT2D eigenvalue weighted by atomic mass is 16.4. The fourth-order valence-electron chi connectivity index (χ4n) is 0.757. The molecule has 1 unspecified atom stereocenters. The molecule has 0 fully saturated rings. The third-order valence-corrected chi connectivity index (χ3v) is 1.50. The fourth-order valence-corrected chi connectivity index (χ4v) is 0.757. The lowest BCUT2D eigenvalue weighted by molar-refractivity contribution is 0.185. The molecule has 1 heterocycles. The maximum Gasteiger partial charge on any atom is 0.140 e. The van der Waals surface area contributed by atoms with Crippen LogP contribution in [0.5, 0.6) is 0 Å². The third-order valence-electron chi connectivity index (χ3n) is 1.50. The van der Waals surface area contributed by atoms with Gasteiger partial charge < -0.3 is 9.52 Å². The molecule has 0 amide bonds. The van der Waals surface area contributed by atoms with Crippen molar-refractivity contribution in [3.8, 4) is 0 Å². The molecule has 0 aliphatic heterocycles. The molecular weight excluding hydrogens is 140 g/mol. The zero-order valence-electron chi connectivity index (χ0n) is 6.37. The molecule has 0 aliphatic carbocycles. The summed E-state index contributed by atoms with van der Waals surface area (Å²) in [7, 11) is 0. The molecule has 0 saturated heterocycles. The Labute approximate surface area is 65.5 Å². The Morgan fingerprint density at radius 1 is 1.82 bits per heavy atom. The molecular formula is C9H10O2. The number of rotatable bonds is 2. The Morgan fingerprint density at radius 2 is 2.55 bits per heavy atom. The van der Waals surface area contributed by atoms with Gasteiger partial charge in [-0.25, -0.2) is 0 Å². The van der Waals surface area contributed by atoms with E-state index >= 15 is 0 Å². The molecule has 58 valence electrons. The van der Waals surface area contributed by atoms with Crippen LogP contribution in [0.15, 0.2) is 40.7 Å². The van der Waals surface area contributed by atoms with Crippen molar-refractivity contribution in [2.45, 2.75) is 13.0 Å². The van der Waals surface area contributed by atoms with Crippen molar-refractivity contribution in [1.82, 2.24) is 0 Å². The van der Waals surface area contributed by atoms with Crippen LogP contribution in [0.3, 0.4) is 0 Å². The van der Waals surface area contributed by atoms with Crippen LogP contribution in [0.4, 0.5) is 0 Å². The maximum atomic E-state index is 9.44. The summed E-state index contributed by atoms with van der Waals surface area (Å²) < 4.78 is 4.98. The van der Waals surface area contributed by atoms with Crippen LogP contribution in [0, 0.1) is 0 Å². The van der Waals surface area contributed by atoms with Crippen LogP contribution in [-0.4, -0.2) is 5.11 Å². The number of aliphatic hydroxyl groups is 1. The first kappa shape index (κ1) is 7.86. The molecule has 0 bridgehead atoms. The van der Waals surface area contributed by atoms with E-state index in [0.717, 1.165) is 0 Å². The van der Waals surface area contributed by atoms with Crippen LogP contribution in [-0.2, 0) is 0 Å². The first-order valence-corrected chi connectivity index (χ1v) is 3.33. The summed E-state index contributed by atoms with van der Waals surface area (Å²) in [5.74, 6) is 0.527. The van der Waals surface area contributed by atoms with Gasteiger partial charge in [-0.15, -0.1) is 5.73 Å². The normalized spacial score (nSPS) is 12.2. The molecule has 0 aromatic carbocycles. The van der Waals surface area contributed by atoms with E-state index in [2.05, 4.69) is 12.3 Å². The Hall–Kier alpha value is -1.24. The fraction of sp³-hybridized carbons (Fsp3) is 0.222. The first-order chi connectivity index (χ1) is 5.25. The Kier molecular flexibility index (Phi) is 2.32. The summed E-state index contributed by atoms with van der Waals surface area (Å²) >= 11 is 0. The molecule has 0 saturated carbocycles. The number of aliphatic hydroxyl groups excluding tert-OH is 1. The van der Waals surface area contributed by atoms with Gasteiger partial charge in [0.05, 0.1) is 6.26 Å². The minimum Gasteiger partial charge on any atom is -0.466 e. The molecule has 11 heavy (non-hydrogen) atoms. The van der Waals surface area contributed by atoms with Gasteiger partial charge in [0.25, 0.3) is 0 Å². The van der Waals surface area contributed by atoms with E-state index in [4.69, 9.17) is 4.42 Å².